The molecule has 2 fully saturated rings. The quantitative estimate of drug-likeness (QED) is 0.645. The third-order valence-electron chi connectivity index (χ3n) is 8.68. The Labute approximate surface area is 219 Å². The highest BCUT2D eigenvalue weighted by atomic mass is 16.2. The lowest BCUT2D eigenvalue weighted by atomic mass is 9.86. The summed E-state index contributed by atoms with van der Waals surface area (Å²) >= 11 is 0. The molecule has 2 aromatic rings. The van der Waals surface area contributed by atoms with Gasteiger partial charge in [-0.05, 0) is 69.6 Å². The van der Waals surface area contributed by atoms with Gasteiger partial charge in [-0.15, -0.1) is 0 Å². The maximum atomic E-state index is 13.9. The van der Waals surface area contributed by atoms with Gasteiger partial charge in [-0.1, -0.05) is 48.5 Å². The number of amides is 4. The van der Waals surface area contributed by atoms with Crippen LogP contribution < -0.4 is 10.6 Å². The van der Waals surface area contributed by atoms with Gasteiger partial charge in [0.25, 0.3) is 0 Å². The van der Waals surface area contributed by atoms with Gasteiger partial charge in [0.2, 0.25) is 11.8 Å². The van der Waals surface area contributed by atoms with E-state index in [0.29, 0.717) is 26.1 Å². The third-order valence-corrected chi connectivity index (χ3v) is 8.68. The molecule has 0 bridgehead atoms. The van der Waals surface area contributed by atoms with Gasteiger partial charge in [-0.25, -0.2) is 4.79 Å². The van der Waals surface area contributed by atoms with Gasteiger partial charge >= 0.3 is 6.03 Å². The fourth-order valence-corrected chi connectivity index (χ4v) is 6.61. The van der Waals surface area contributed by atoms with E-state index in [0.717, 1.165) is 43.4 Å². The molecule has 7 heteroatoms. The molecule has 0 aliphatic carbocycles. The SMILES string of the molecule is CC1(C)C(=O)N(C2CCN(C(=O)[C@@H](CCc3ccccc3)C3CCCN3C(N)=O)CC2)c2ccccc21. The van der Waals surface area contributed by atoms with E-state index < -0.39 is 11.4 Å². The van der Waals surface area contributed by atoms with E-state index in [9.17, 15) is 14.4 Å². The minimum absolute atomic E-state index is 0.0795. The first-order valence-corrected chi connectivity index (χ1v) is 13.6. The molecule has 0 saturated carbocycles. The Morgan fingerprint density at radius 1 is 0.973 bits per heavy atom. The van der Waals surface area contributed by atoms with Gasteiger partial charge in [-0.2, -0.15) is 0 Å². The summed E-state index contributed by atoms with van der Waals surface area (Å²) in [6, 6.07) is 17.7. The zero-order valence-electron chi connectivity index (χ0n) is 21.9. The molecule has 1 unspecified atom stereocenters. The summed E-state index contributed by atoms with van der Waals surface area (Å²) in [4.78, 5) is 45.1. The minimum atomic E-state index is -0.535. The maximum absolute atomic E-state index is 13.9. The molecule has 196 valence electrons. The number of nitrogens with zero attached hydrogens (tertiary/aromatic N) is 3. The first kappa shape index (κ1) is 25.3. The number of urea groups is 1. The molecule has 5 rings (SSSR count). The average molecular weight is 503 g/mol. The number of carbonyl (C=O) groups excluding carboxylic acids is 3. The van der Waals surface area contributed by atoms with E-state index in [1.807, 2.05) is 60.0 Å². The molecular weight excluding hydrogens is 464 g/mol. The fraction of sp³-hybridized carbons (Fsp3) is 0.500. The summed E-state index contributed by atoms with van der Waals surface area (Å²) in [5, 5.41) is 0. The molecule has 3 aliphatic rings. The molecule has 0 radical (unpaired) electrons. The van der Waals surface area contributed by atoms with Crippen molar-refractivity contribution in [3.05, 3.63) is 65.7 Å². The van der Waals surface area contributed by atoms with Gasteiger partial charge < -0.3 is 20.4 Å². The highest BCUT2D eigenvalue weighted by Gasteiger charge is 2.47. The molecule has 4 amide bonds. The van der Waals surface area contributed by atoms with Crippen LogP contribution in [0.2, 0.25) is 0 Å². The van der Waals surface area contributed by atoms with Crippen LogP contribution in [-0.2, 0) is 21.4 Å². The lowest BCUT2D eigenvalue weighted by Gasteiger charge is -2.40. The maximum Gasteiger partial charge on any atom is 0.315 e. The van der Waals surface area contributed by atoms with Crippen molar-refractivity contribution in [3.63, 3.8) is 0 Å². The van der Waals surface area contributed by atoms with Crippen molar-refractivity contribution in [1.82, 2.24) is 9.80 Å². The van der Waals surface area contributed by atoms with Crippen LogP contribution in [-0.4, -0.2) is 59.4 Å². The van der Waals surface area contributed by atoms with Crippen LogP contribution in [0.4, 0.5) is 10.5 Å². The monoisotopic (exact) mass is 502 g/mol. The zero-order valence-corrected chi connectivity index (χ0v) is 21.9. The first-order valence-electron chi connectivity index (χ1n) is 13.6. The van der Waals surface area contributed by atoms with Crippen LogP contribution >= 0.6 is 0 Å². The largest absolute Gasteiger partial charge is 0.351 e. The van der Waals surface area contributed by atoms with Crippen LogP contribution in [0.5, 0.6) is 0 Å². The molecule has 2 aromatic carbocycles. The smallest absolute Gasteiger partial charge is 0.315 e. The molecule has 0 aromatic heterocycles. The van der Waals surface area contributed by atoms with Crippen molar-refractivity contribution in [2.75, 3.05) is 24.5 Å². The van der Waals surface area contributed by atoms with Crippen LogP contribution in [0.25, 0.3) is 0 Å². The van der Waals surface area contributed by atoms with Crippen LogP contribution in [0.3, 0.4) is 0 Å². The molecule has 0 spiro atoms. The summed E-state index contributed by atoms with van der Waals surface area (Å²) < 4.78 is 0. The summed E-state index contributed by atoms with van der Waals surface area (Å²) in [6.45, 7) is 5.83. The number of hydrogen-bond donors (Lipinski definition) is 1. The number of rotatable bonds is 6. The molecule has 2 atom stereocenters. The first-order chi connectivity index (χ1) is 17.8. The number of primary amides is 1. The topological polar surface area (TPSA) is 87.0 Å². The Balaban J connectivity index is 1.30. The summed E-state index contributed by atoms with van der Waals surface area (Å²) in [5.74, 6) is -0.0249. The number of hydrogen-bond acceptors (Lipinski definition) is 3. The second kappa shape index (κ2) is 10.2. The Kier molecular flexibility index (Phi) is 6.97. The Bertz CT molecular complexity index is 1160. The van der Waals surface area contributed by atoms with Crippen LogP contribution in [0.15, 0.2) is 54.6 Å². The predicted octanol–water partition coefficient (Wildman–Crippen LogP) is 4.09. The standard InChI is InChI=1S/C30H38N4O3/c1-30(2)24-11-6-7-12-26(24)34(28(30)36)22-16-19-32(20-17-22)27(35)23(15-14-21-9-4-3-5-10-21)25-13-8-18-33(25)29(31)37/h3-7,9-12,22-23,25H,8,13-20H2,1-2H3,(H2,31,37)/t23-,25?/m0/s1. The Hall–Kier alpha value is -3.35. The van der Waals surface area contributed by atoms with E-state index in [1.54, 1.807) is 4.90 Å². The molecule has 3 aliphatic heterocycles. The van der Waals surface area contributed by atoms with Crippen molar-refractivity contribution in [2.24, 2.45) is 11.7 Å². The fourth-order valence-electron chi connectivity index (χ4n) is 6.61. The summed E-state index contributed by atoms with van der Waals surface area (Å²) in [5.41, 5.74) is 8.44. The van der Waals surface area contributed by atoms with Gasteiger partial charge in [0.15, 0.2) is 0 Å². The van der Waals surface area contributed by atoms with Gasteiger partial charge in [-0.3, -0.25) is 9.59 Å². The number of likely N-dealkylation sites (tertiary alicyclic amines) is 2. The van der Waals surface area contributed by atoms with Crippen molar-refractivity contribution in [2.45, 2.75) is 69.9 Å². The lowest BCUT2D eigenvalue weighted by Crippen LogP contribution is -2.53. The van der Waals surface area contributed by atoms with Crippen LogP contribution in [0, 0.1) is 5.92 Å². The Morgan fingerprint density at radius 3 is 2.35 bits per heavy atom. The Morgan fingerprint density at radius 2 is 1.65 bits per heavy atom. The normalized spacial score (nSPS) is 22.3. The van der Waals surface area contributed by atoms with E-state index in [4.69, 9.17) is 5.73 Å². The average Bonchev–Trinajstić information content (AvgIpc) is 3.47. The van der Waals surface area contributed by atoms with Crippen molar-refractivity contribution in [3.8, 4) is 0 Å². The van der Waals surface area contributed by atoms with Gasteiger partial charge in [0.05, 0.1) is 11.3 Å². The molecule has 2 N–H and O–H groups in total. The second-order valence-electron chi connectivity index (χ2n) is 11.2. The van der Waals surface area contributed by atoms with Gasteiger partial charge in [0.1, 0.15) is 0 Å². The van der Waals surface area contributed by atoms with Crippen molar-refractivity contribution < 1.29 is 14.4 Å². The molecule has 7 nitrogen and oxygen atoms in total. The van der Waals surface area contributed by atoms with Crippen LogP contribution in [0.1, 0.15) is 57.1 Å². The van der Waals surface area contributed by atoms with E-state index >= 15 is 0 Å². The van der Waals surface area contributed by atoms with Crippen molar-refractivity contribution >= 4 is 23.5 Å². The third kappa shape index (κ3) is 4.72. The number of para-hydroxylation sites is 1. The number of anilines is 1. The number of piperidine rings is 1. The number of nitrogens with two attached hydrogens (primary N) is 1. The number of carbonyl (C=O) groups is 3. The minimum Gasteiger partial charge on any atom is -0.351 e. The number of fused-ring (bicyclic) bond motifs is 1. The number of benzene rings is 2. The molecule has 37 heavy (non-hydrogen) atoms. The van der Waals surface area contributed by atoms with Gasteiger partial charge in [0, 0.05) is 37.4 Å². The van der Waals surface area contributed by atoms with E-state index in [2.05, 4.69) is 18.2 Å². The lowest BCUT2D eigenvalue weighted by molar-refractivity contribution is -0.138. The highest BCUT2D eigenvalue weighted by Crippen LogP contribution is 2.43. The second-order valence-corrected chi connectivity index (χ2v) is 11.2. The molecule has 3 heterocycles. The van der Waals surface area contributed by atoms with E-state index in [1.165, 1.54) is 5.56 Å². The summed E-state index contributed by atoms with van der Waals surface area (Å²) in [6.07, 6.45) is 4.64. The molecule has 2 saturated heterocycles. The van der Waals surface area contributed by atoms with Crippen molar-refractivity contribution in [1.29, 1.82) is 0 Å². The highest BCUT2D eigenvalue weighted by molar-refractivity contribution is 6.08. The molecular formula is C30H38N4O3. The predicted molar refractivity (Wildman–Crippen MR) is 144 cm³/mol. The zero-order chi connectivity index (χ0) is 26.2. The summed E-state index contributed by atoms with van der Waals surface area (Å²) in [7, 11) is 0. The number of aryl methyl sites for hydroxylation is 1. The van der Waals surface area contributed by atoms with E-state index in [-0.39, 0.29) is 29.8 Å².